The highest BCUT2D eigenvalue weighted by Crippen LogP contribution is 2.16. The van der Waals surface area contributed by atoms with Crippen LogP contribution in [-0.2, 0) is 4.79 Å². The number of carboxylic acid groups (broad SMARTS) is 1. The summed E-state index contributed by atoms with van der Waals surface area (Å²) in [5.41, 5.74) is 0. The van der Waals surface area contributed by atoms with Crippen LogP contribution in [0.4, 0.5) is 0 Å². The summed E-state index contributed by atoms with van der Waals surface area (Å²) in [6.45, 7) is 7.65. The predicted molar refractivity (Wildman–Crippen MR) is 64.6 cm³/mol. The summed E-state index contributed by atoms with van der Waals surface area (Å²) in [7, 11) is 2.11. The summed E-state index contributed by atoms with van der Waals surface area (Å²) >= 11 is 0. The molecule has 0 aromatic carbocycles. The Bertz CT molecular complexity index is 231. The fourth-order valence-electron chi connectivity index (χ4n) is 2.26. The normalized spacial score (nSPS) is 22.2. The van der Waals surface area contributed by atoms with Gasteiger partial charge in [0.1, 0.15) is 0 Å². The van der Waals surface area contributed by atoms with E-state index in [1.807, 2.05) is 0 Å². The first kappa shape index (κ1) is 13.5. The van der Waals surface area contributed by atoms with Crippen molar-refractivity contribution in [1.82, 2.24) is 9.80 Å². The number of carboxylic acids is 1. The maximum absolute atomic E-state index is 10.4. The van der Waals surface area contributed by atoms with Crippen molar-refractivity contribution < 1.29 is 9.90 Å². The molecule has 0 spiro atoms. The Kier molecular flexibility index (Phi) is 5.22. The van der Waals surface area contributed by atoms with Crippen molar-refractivity contribution >= 4 is 5.97 Å². The molecule has 1 fully saturated rings. The first-order chi connectivity index (χ1) is 7.50. The van der Waals surface area contributed by atoms with E-state index >= 15 is 0 Å². The van der Waals surface area contributed by atoms with Gasteiger partial charge in [0, 0.05) is 31.6 Å². The van der Waals surface area contributed by atoms with Gasteiger partial charge in [-0.1, -0.05) is 0 Å². The van der Waals surface area contributed by atoms with E-state index in [4.69, 9.17) is 5.11 Å². The number of likely N-dealkylation sites (N-methyl/N-ethyl adjacent to an activating group) is 1. The van der Waals surface area contributed by atoms with Gasteiger partial charge in [-0.3, -0.25) is 9.69 Å². The lowest BCUT2D eigenvalue weighted by molar-refractivity contribution is -0.137. The van der Waals surface area contributed by atoms with E-state index in [0.717, 1.165) is 19.5 Å². The second-order valence-corrected chi connectivity index (χ2v) is 5.01. The molecule has 1 atom stereocenters. The van der Waals surface area contributed by atoms with Crippen LogP contribution in [0.25, 0.3) is 0 Å². The average Bonchev–Trinajstić information content (AvgIpc) is 2.65. The molecule has 0 aromatic heterocycles. The zero-order chi connectivity index (χ0) is 12.1. The van der Waals surface area contributed by atoms with Gasteiger partial charge < -0.3 is 10.0 Å². The third-order valence-corrected chi connectivity index (χ3v) is 3.45. The Labute approximate surface area is 98.2 Å². The molecule has 1 rings (SSSR count). The minimum absolute atomic E-state index is 0.283. The van der Waals surface area contributed by atoms with Gasteiger partial charge >= 0.3 is 5.97 Å². The van der Waals surface area contributed by atoms with Crippen LogP contribution in [0.15, 0.2) is 0 Å². The molecular weight excluding hydrogens is 204 g/mol. The van der Waals surface area contributed by atoms with Crippen molar-refractivity contribution in [2.45, 2.75) is 45.2 Å². The molecule has 16 heavy (non-hydrogen) atoms. The van der Waals surface area contributed by atoms with E-state index in [9.17, 15) is 4.79 Å². The lowest BCUT2D eigenvalue weighted by Gasteiger charge is -2.25. The molecule has 4 heteroatoms. The second kappa shape index (κ2) is 6.21. The van der Waals surface area contributed by atoms with E-state index in [1.165, 1.54) is 13.0 Å². The fraction of sp³-hybridized carbons (Fsp3) is 0.917. The second-order valence-electron chi connectivity index (χ2n) is 5.01. The molecule has 4 nitrogen and oxygen atoms in total. The van der Waals surface area contributed by atoms with E-state index in [0.29, 0.717) is 12.1 Å². The largest absolute Gasteiger partial charge is 0.481 e. The SMILES string of the molecule is CC(C)N1CCC(N(C)CCCC(=O)O)C1. The highest BCUT2D eigenvalue weighted by molar-refractivity contribution is 5.66. The number of likely N-dealkylation sites (tertiary alicyclic amines) is 1. The molecule has 1 aliphatic heterocycles. The molecule has 0 aliphatic carbocycles. The molecule has 0 saturated carbocycles. The Morgan fingerprint density at radius 2 is 2.25 bits per heavy atom. The first-order valence-corrected chi connectivity index (χ1v) is 6.16. The van der Waals surface area contributed by atoms with Crippen LogP contribution in [0, 0.1) is 0 Å². The summed E-state index contributed by atoms with van der Waals surface area (Å²) in [5, 5.41) is 8.58. The number of nitrogens with zero attached hydrogens (tertiary/aromatic N) is 2. The number of hydrogen-bond acceptors (Lipinski definition) is 3. The van der Waals surface area contributed by atoms with Crippen LogP contribution in [0.2, 0.25) is 0 Å². The molecule has 1 N–H and O–H groups in total. The minimum Gasteiger partial charge on any atom is -0.481 e. The van der Waals surface area contributed by atoms with Gasteiger partial charge in [-0.25, -0.2) is 0 Å². The lowest BCUT2D eigenvalue weighted by atomic mass is 10.2. The van der Waals surface area contributed by atoms with Gasteiger partial charge in [-0.15, -0.1) is 0 Å². The van der Waals surface area contributed by atoms with E-state index in [-0.39, 0.29) is 6.42 Å². The van der Waals surface area contributed by atoms with Crippen molar-refractivity contribution in [2.24, 2.45) is 0 Å². The molecule has 1 saturated heterocycles. The third-order valence-electron chi connectivity index (χ3n) is 3.45. The summed E-state index contributed by atoms with van der Waals surface area (Å²) in [5.74, 6) is -0.691. The molecule has 0 amide bonds. The van der Waals surface area contributed by atoms with Gasteiger partial charge in [0.15, 0.2) is 0 Å². The maximum atomic E-state index is 10.4. The quantitative estimate of drug-likeness (QED) is 0.743. The minimum atomic E-state index is -0.691. The van der Waals surface area contributed by atoms with Crippen LogP contribution in [0.1, 0.15) is 33.1 Å². The number of carbonyl (C=O) groups is 1. The molecule has 94 valence electrons. The highest BCUT2D eigenvalue weighted by atomic mass is 16.4. The highest BCUT2D eigenvalue weighted by Gasteiger charge is 2.26. The van der Waals surface area contributed by atoms with Crippen LogP contribution in [0.3, 0.4) is 0 Å². The van der Waals surface area contributed by atoms with Gasteiger partial charge in [0.25, 0.3) is 0 Å². The van der Waals surface area contributed by atoms with Crippen molar-refractivity contribution in [1.29, 1.82) is 0 Å². The number of hydrogen-bond donors (Lipinski definition) is 1. The molecule has 1 aliphatic rings. The van der Waals surface area contributed by atoms with Crippen LogP contribution in [-0.4, -0.2) is 59.6 Å². The molecule has 0 radical (unpaired) electrons. The summed E-state index contributed by atoms with van der Waals surface area (Å²) in [4.78, 5) is 15.2. The number of aliphatic carboxylic acids is 1. The predicted octanol–water partition coefficient (Wildman–Crippen LogP) is 1.27. The zero-order valence-corrected chi connectivity index (χ0v) is 10.6. The van der Waals surface area contributed by atoms with Crippen molar-refractivity contribution in [3.63, 3.8) is 0 Å². The average molecular weight is 228 g/mol. The van der Waals surface area contributed by atoms with Crippen LogP contribution < -0.4 is 0 Å². The Morgan fingerprint density at radius 3 is 2.75 bits per heavy atom. The third kappa shape index (κ3) is 4.10. The van der Waals surface area contributed by atoms with Crippen molar-refractivity contribution in [3.05, 3.63) is 0 Å². The molecule has 1 heterocycles. The van der Waals surface area contributed by atoms with Gasteiger partial charge in [-0.05, 0) is 40.3 Å². The molecule has 0 aromatic rings. The summed E-state index contributed by atoms with van der Waals surface area (Å²) < 4.78 is 0. The van der Waals surface area contributed by atoms with Crippen LogP contribution in [0.5, 0.6) is 0 Å². The Balaban J connectivity index is 2.22. The fourth-order valence-corrected chi connectivity index (χ4v) is 2.26. The van der Waals surface area contributed by atoms with E-state index < -0.39 is 5.97 Å². The number of rotatable bonds is 6. The maximum Gasteiger partial charge on any atom is 0.303 e. The molecule has 1 unspecified atom stereocenters. The van der Waals surface area contributed by atoms with Crippen molar-refractivity contribution in [3.8, 4) is 0 Å². The van der Waals surface area contributed by atoms with E-state index in [1.54, 1.807) is 0 Å². The lowest BCUT2D eigenvalue weighted by Crippen LogP contribution is -2.37. The van der Waals surface area contributed by atoms with E-state index in [2.05, 4.69) is 30.7 Å². The van der Waals surface area contributed by atoms with Gasteiger partial charge in [-0.2, -0.15) is 0 Å². The Hall–Kier alpha value is -0.610. The molecule has 0 bridgehead atoms. The first-order valence-electron chi connectivity index (χ1n) is 6.16. The summed E-state index contributed by atoms with van der Waals surface area (Å²) in [6, 6.07) is 1.23. The zero-order valence-electron chi connectivity index (χ0n) is 10.6. The van der Waals surface area contributed by atoms with Crippen molar-refractivity contribution in [2.75, 3.05) is 26.7 Å². The smallest absolute Gasteiger partial charge is 0.303 e. The Morgan fingerprint density at radius 1 is 1.56 bits per heavy atom. The van der Waals surface area contributed by atoms with Gasteiger partial charge in [0.05, 0.1) is 0 Å². The van der Waals surface area contributed by atoms with Crippen LogP contribution >= 0.6 is 0 Å². The standard InChI is InChI=1S/C12H24N2O2/c1-10(2)14-8-6-11(9-14)13(3)7-4-5-12(15)16/h10-11H,4-9H2,1-3H3,(H,15,16). The summed E-state index contributed by atoms with van der Waals surface area (Å²) in [6.07, 6.45) is 2.25. The molecular formula is C12H24N2O2. The van der Waals surface area contributed by atoms with Gasteiger partial charge in [0.2, 0.25) is 0 Å². The topological polar surface area (TPSA) is 43.8 Å². The monoisotopic (exact) mass is 228 g/mol.